The number of sulfone groups is 1. The van der Waals surface area contributed by atoms with Crippen molar-refractivity contribution in [1.29, 1.82) is 0 Å². The highest BCUT2D eigenvalue weighted by atomic mass is 32.2. The number of amides is 1. The third-order valence-corrected chi connectivity index (χ3v) is 6.78. The van der Waals surface area contributed by atoms with Gasteiger partial charge in [-0.1, -0.05) is 12.1 Å². The number of aromatic nitrogens is 3. The van der Waals surface area contributed by atoms with Crippen molar-refractivity contribution in [3.8, 4) is 5.75 Å². The van der Waals surface area contributed by atoms with E-state index in [4.69, 9.17) is 4.74 Å². The van der Waals surface area contributed by atoms with Crippen LogP contribution in [0.2, 0.25) is 0 Å². The minimum absolute atomic E-state index is 0.0906. The van der Waals surface area contributed by atoms with Crippen LogP contribution in [-0.2, 0) is 14.6 Å². The number of hydrogen-bond donors (Lipinski definition) is 2. The van der Waals surface area contributed by atoms with Gasteiger partial charge in [-0.2, -0.15) is 4.98 Å². The van der Waals surface area contributed by atoms with Crippen LogP contribution < -0.4 is 20.3 Å². The first kappa shape index (κ1) is 24.2. The van der Waals surface area contributed by atoms with Crippen LogP contribution in [0.5, 0.6) is 5.75 Å². The summed E-state index contributed by atoms with van der Waals surface area (Å²) < 4.78 is 29.7. The molecule has 4 rings (SSSR count). The number of hydrogen-bond acceptors (Lipinski definition) is 10. The number of carbonyl (C=O) groups excluding carboxylic acids is 1. The fraction of sp³-hybridized carbons (Fsp3) is 0.304. The molecule has 12 heteroatoms. The molecule has 0 unspecified atom stereocenters. The number of rotatable bonds is 7. The first-order valence-electron chi connectivity index (χ1n) is 11.0. The molecule has 0 aliphatic carbocycles. The van der Waals surface area contributed by atoms with Gasteiger partial charge in [0.25, 0.3) is 0 Å². The molecule has 35 heavy (non-hydrogen) atoms. The largest absolute Gasteiger partial charge is 0.494 e. The molecule has 1 amide bonds. The molecule has 1 aromatic heterocycles. The van der Waals surface area contributed by atoms with E-state index in [1.54, 1.807) is 32.2 Å². The number of anilines is 5. The zero-order chi connectivity index (χ0) is 25.0. The van der Waals surface area contributed by atoms with E-state index >= 15 is 0 Å². The van der Waals surface area contributed by atoms with Crippen LogP contribution in [0, 0.1) is 0 Å². The highest BCUT2D eigenvalue weighted by Gasteiger charge is 2.20. The van der Waals surface area contributed by atoms with Gasteiger partial charge in [0.15, 0.2) is 9.84 Å². The van der Waals surface area contributed by atoms with Crippen molar-refractivity contribution in [1.82, 2.24) is 19.9 Å². The van der Waals surface area contributed by atoms with E-state index in [-0.39, 0.29) is 22.7 Å². The molecular weight excluding hydrogens is 470 g/mol. The minimum atomic E-state index is -3.43. The van der Waals surface area contributed by atoms with Gasteiger partial charge in [-0.25, -0.2) is 18.4 Å². The number of methoxy groups -OCH3 is 1. The molecule has 1 aliphatic heterocycles. The maximum atomic E-state index is 12.1. The zero-order valence-corrected chi connectivity index (χ0v) is 20.5. The summed E-state index contributed by atoms with van der Waals surface area (Å²) >= 11 is 0. The van der Waals surface area contributed by atoms with E-state index in [2.05, 4.69) is 30.5 Å². The maximum absolute atomic E-state index is 12.1. The monoisotopic (exact) mass is 497 g/mol. The van der Waals surface area contributed by atoms with Crippen LogP contribution in [0.15, 0.2) is 53.7 Å². The lowest BCUT2D eigenvalue weighted by molar-refractivity contribution is -0.129. The van der Waals surface area contributed by atoms with E-state index in [0.29, 0.717) is 30.2 Å². The first-order valence-corrected chi connectivity index (χ1v) is 12.8. The van der Waals surface area contributed by atoms with Crippen LogP contribution in [0.3, 0.4) is 0 Å². The number of ether oxygens (including phenoxy) is 1. The standard InChI is InChI=1S/C23H27N7O4S/c1-16(31)29-10-12-30(13-11-29)17-8-9-18(20(14-17)34-2)26-22-24-15-25-23(28-22)27-19-6-4-5-7-21(19)35(3,32)33/h4-9,14-15H,10-13H2,1-3H3,(H2,24,25,26,27,28). The zero-order valence-electron chi connectivity index (χ0n) is 19.7. The Hall–Kier alpha value is -3.93. The third-order valence-electron chi connectivity index (χ3n) is 5.63. The summed E-state index contributed by atoms with van der Waals surface area (Å²) in [5.41, 5.74) is 2.03. The highest BCUT2D eigenvalue weighted by molar-refractivity contribution is 7.90. The molecule has 184 valence electrons. The second-order valence-electron chi connectivity index (χ2n) is 8.03. The van der Waals surface area contributed by atoms with Gasteiger partial charge in [0.2, 0.25) is 17.8 Å². The predicted octanol–water partition coefficient (Wildman–Crippen LogP) is 2.44. The fourth-order valence-corrected chi connectivity index (χ4v) is 4.65. The maximum Gasteiger partial charge on any atom is 0.232 e. The molecule has 1 fully saturated rings. The summed E-state index contributed by atoms with van der Waals surface area (Å²) in [5, 5.41) is 6.08. The summed E-state index contributed by atoms with van der Waals surface area (Å²) in [4.78, 5) is 28.4. The molecule has 0 spiro atoms. The van der Waals surface area contributed by atoms with Gasteiger partial charge in [-0.15, -0.1) is 0 Å². The Morgan fingerprint density at radius 1 is 0.971 bits per heavy atom. The van der Waals surface area contributed by atoms with E-state index in [9.17, 15) is 13.2 Å². The average molecular weight is 498 g/mol. The van der Waals surface area contributed by atoms with Crippen LogP contribution in [0.25, 0.3) is 0 Å². The molecule has 3 aromatic rings. The summed E-state index contributed by atoms with van der Waals surface area (Å²) in [6, 6.07) is 12.3. The van der Waals surface area contributed by atoms with Crippen molar-refractivity contribution >= 4 is 44.7 Å². The Bertz CT molecular complexity index is 1320. The molecular formula is C23H27N7O4S. The molecule has 0 saturated carbocycles. The normalized spacial score (nSPS) is 13.9. The molecule has 2 aromatic carbocycles. The predicted molar refractivity (Wildman–Crippen MR) is 133 cm³/mol. The molecule has 0 radical (unpaired) electrons. The van der Waals surface area contributed by atoms with Gasteiger partial charge in [-0.3, -0.25) is 4.79 Å². The topological polar surface area (TPSA) is 130 Å². The van der Waals surface area contributed by atoms with E-state index in [0.717, 1.165) is 25.0 Å². The summed E-state index contributed by atoms with van der Waals surface area (Å²) in [5.74, 6) is 1.15. The summed E-state index contributed by atoms with van der Waals surface area (Å²) in [6.45, 7) is 4.44. The Morgan fingerprint density at radius 2 is 1.63 bits per heavy atom. The van der Waals surface area contributed by atoms with Crippen molar-refractivity contribution in [2.75, 3.05) is 55.1 Å². The van der Waals surface area contributed by atoms with Gasteiger partial charge in [0.05, 0.1) is 23.4 Å². The Morgan fingerprint density at radius 3 is 2.26 bits per heavy atom. The molecule has 11 nitrogen and oxygen atoms in total. The number of carbonyl (C=O) groups is 1. The number of nitrogens with one attached hydrogen (secondary N) is 2. The molecule has 1 saturated heterocycles. The fourth-order valence-electron chi connectivity index (χ4n) is 3.81. The highest BCUT2D eigenvalue weighted by Crippen LogP contribution is 2.32. The Labute approximate surface area is 204 Å². The lowest BCUT2D eigenvalue weighted by Crippen LogP contribution is -2.48. The lowest BCUT2D eigenvalue weighted by Gasteiger charge is -2.35. The molecule has 2 heterocycles. The van der Waals surface area contributed by atoms with Crippen LogP contribution >= 0.6 is 0 Å². The minimum Gasteiger partial charge on any atom is -0.494 e. The van der Waals surface area contributed by atoms with Gasteiger partial charge in [-0.05, 0) is 24.3 Å². The van der Waals surface area contributed by atoms with Gasteiger partial charge in [0.1, 0.15) is 12.1 Å². The smallest absolute Gasteiger partial charge is 0.232 e. The number of benzene rings is 2. The van der Waals surface area contributed by atoms with Crippen LogP contribution in [0.1, 0.15) is 6.92 Å². The molecule has 1 aliphatic rings. The van der Waals surface area contributed by atoms with Crippen LogP contribution in [-0.4, -0.2) is 73.7 Å². The summed E-state index contributed by atoms with van der Waals surface area (Å²) in [6.07, 6.45) is 2.48. The number of nitrogens with zero attached hydrogens (tertiary/aromatic N) is 5. The van der Waals surface area contributed by atoms with Crippen molar-refractivity contribution in [3.05, 3.63) is 48.8 Å². The Kier molecular flexibility index (Phi) is 7.01. The van der Waals surface area contributed by atoms with Gasteiger partial charge >= 0.3 is 0 Å². The first-order chi connectivity index (χ1) is 16.7. The van der Waals surface area contributed by atoms with Crippen molar-refractivity contribution in [3.63, 3.8) is 0 Å². The molecule has 2 N–H and O–H groups in total. The Balaban J connectivity index is 1.50. The second-order valence-corrected chi connectivity index (χ2v) is 10.0. The quantitative estimate of drug-likeness (QED) is 0.502. The van der Waals surface area contributed by atoms with Gasteiger partial charge in [0, 0.05) is 51.1 Å². The molecule has 0 bridgehead atoms. The van der Waals surface area contributed by atoms with Crippen molar-refractivity contribution in [2.24, 2.45) is 0 Å². The third kappa shape index (κ3) is 5.77. The van der Waals surface area contributed by atoms with Crippen molar-refractivity contribution < 1.29 is 17.9 Å². The number of para-hydroxylation sites is 1. The second kappa shape index (κ2) is 10.1. The SMILES string of the molecule is COc1cc(N2CCN(C(C)=O)CC2)ccc1Nc1ncnc(Nc2ccccc2S(C)(=O)=O)n1. The van der Waals surface area contributed by atoms with E-state index in [1.807, 2.05) is 23.1 Å². The number of piperazine rings is 1. The van der Waals surface area contributed by atoms with E-state index in [1.165, 1.54) is 12.4 Å². The average Bonchev–Trinajstić information content (AvgIpc) is 2.84. The van der Waals surface area contributed by atoms with E-state index < -0.39 is 9.84 Å². The lowest BCUT2D eigenvalue weighted by atomic mass is 10.2. The molecule has 0 atom stereocenters. The summed E-state index contributed by atoms with van der Waals surface area (Å²) in [7, 11) is -1.85. The van der Waals surface area contributed by atoms with Gasteiger partial charge < -0.3 is 25.2 Å². The van der Waals surface area contributed by atoms with Crippen molar-refractivity contribution in [2.45, 2.75) is 11.8 Å². The van der Waals surface area contributed by atoms with Crippen LogP contribution in [0.4, 0.5) is 29.0 Å².